The van der Waals surface area contributed by atoms with Crippen LogP contribution in [0.25, 0.3) is 11.0 Å². The standard InChI is InChI=1S/C30H28Cl2N2O7S/c1-17-16-34(29(36)21-8-7-20-10-12-41-25(20)15-21)11-9-23(17)27(32)26(18(2)31)28(35)33-24(30(37)38)14-19-5-4-6-22(13-19)42(3,39)40/h4-8,10,12-13,15,24H,1,9,11,14,16H2,2-3H3,(H,33,35)(H,37,38)/b26-18-,27-23+/t24-/m0/s1. The van der Waals surface area contributed by atoms with Crippen LogP contribution in [0.15, 0.2) is 97.5 Å². The van der Waals surface area contributed by atoms with Gasteiger partial charge in [-0.05, 0) is 60.4 Å². The SMILES string of the molecule is C=C1CN(C(=O)c2ccc3ccoc3c2)CC/C1=C(Cl)/C(C(=O)N[C@@H](Cc1cccc(S(C)(=O)=O)c1)C(=O)O)=C(\C)Cl. The third-order valence-corrected chi connectivity index (χ3v) is 8.57. The minimum atomic E-state index is -3.51. The summed E-state index contributed by atoms with van der Waals surface area (Å²) in [5.74, 6) is -2.35. The Morgan fingerprint density at radius 2 is 1.88 bits per heavy atom. The Kier molecular flexibility index (Phi) is 9.30. The van der Waals surface area contributed by atoms with E-state index in [4.69, 9.17) is 27.6 Å². The molecule has 0 bridgehead atoms. The van der Waals surface area contributed by atoms with Crippen molar-refractivity contribution >= 4 is 61.8 Å². The van der Waals surface area contributed by atoms with E-state index in [1.807, 2.05) is 0 Å². The third-order valence-electron chi connectivity index (χ3n) is 6.86. The van der Waals surface area contributed by atoms with Gasteiger partial charge in [-0.25, -0.2) is 13.2 Å². The zero-order valence-electron chi connectivity index (χ0n) is 22.8. The molecular weight excluding hydrogens is 603 g/mol. The van der Waals surface area contributed by atoms with Crippen molar-refractivity contribution in [1.29, 1.82) is 0 Å². The van der Waals surface area contributed by atoms with Crippen LogP contribution in [0.1, 0.15) is 29.3 Å². The molecule has 2 N–H and O–H groups in total. The van der Waals surface area contributed by atoms with Gasteiger partial charge in [0.2, 0.25) is 0 Å². The van der Waals surface area contributed by atoms with Crippen LogP contribution >= 0.6 is 23.2 Å². The van der Waals surface area contributed by atoms with Crippen molar-refractivity contribution in [1.82, 2.24) is 10.2 Å². The molecule has 2 heterocycles. The lowest BCUT2D eigenvalue weighted by atomic mass is 9.95. The van der Waals surface area contributed by atoms with Gasteiger partial charge in [-0.1, -0.05) is 48.0 Å². The second-order valence-corrected chi connectivity index (χ2v) is 12.9. The second kappa shape index (κ2) is 12.6. The van der Waals surface area contributed by atoms with Crippen molar-refractivity contribution in [2.75, 3.05) is 19.3 Å². The maximum Gasteiger partial charge on any atom is 0.326 e. The number of hydrogen-bond acceptors (Lipinski definition) is 6. The minimum absolute atomic E-state index is 0.0114. The highest BCUT2D eigenvalue weighted by Crippen LogP contribution is 2.33. The largest absolute Gasteiger partial charge is 0.480 e. The van der Waals surface area contributed by atoms with Crippen LogP contribution in [0.5, 0.6) is 0 Å². The fraction of sp³-hybridized carbons (Fsp3) is 0.233. The van der Waals surface area contributed by atoms with Crippen molar-refractivity contribution in [3.63, 3.8) is 0 Å². The first-order valence-corrected chi connectivity index (χ1v) is 15.4. The zero-order chi connectivity index (χ0) is 30.8. The predicted molar refractivity (Wildman–Crippen MR) is 160 cm³/mol. The molecule has 4 rings (SSSR count). The van der Waals surface area contributed by atoms with Crippen molar-refractivity contribution < 1.29 is 32.3 Å². The summed E-state index contributed by atoms with van der Waals surface area (Å²) in [6, 6.07) is 11.4. The number of carbonyl (C=O) groups is 3. The predicted octanol–water partition coefficient (Wildman–Crippen LogP) is 5.06. The van der Waals surface area contributed by atoms with Crippen molar-refractivity contribution in [2.24, 2.45) is 0 Å². The Morgan fingerprint density at radius 3 is 2.52 bits per heavy atom. The number of nitrogens with one attached hydrogen (secondary N) is 1. The number of carboxylic acids is 1. The van der Waals surface area contributed by atoms with Crippen LogP contribution < -0.4 is 5.32 Å². The monoisotopic (exact) mass is 630 g/mol. The number of allylic oxidation sites excluding steroid dienone is 1. The van der Waals surface area contributed by atoms with Gasteiger partial charge in [0.05, 0.1) is 21.8 Å². The highest BCUT2D eigenvalue weighted by molar-refractivity contribution is 7.90. The van der Waals surface area contributed by atoms with E-state index < -0.39 is 27.8 Å². The van der Waals surface area contributed by atoms with Gasteiger partial charge >= 0.3 is 5.97 Å². The Bertz CT molecular complexity index is 1770. The van der Waals surface area contributed by atoms with Gasteiger partial charge in [0.25, 0.3) is 11.8 Å². The molecule has 1 fully saturated rings. The number of furan rings is 1. The first-order chi connectivity index (χ1) is 19.8. The molecule has 0 saturated carbocycles. The summed E-state index contributed by atoms with van der Waals surface area (Å²) in [4.78, 5) is 40.1. The fourth-order valence-corrected chi connectivity index (χ4v) is 6.04. The van der Waals surface area contributed by atoms with E-state index >= 15 is 0 Å². The first-order valence-electron chi connectivity index (χ1n) is 12.8. The van der Waals surface area contributed by atoms with Crippen molar-refractivity contribution in [3.05, 3.63) is 99.3 Å². The molecule has 0 spiro atoms. The molecule has 42 heavy (non-hydrogen) atoms. The van der Waals surface area contributed by atoms with Gasteiger partial charge in [-0.2, -0.15) is 0 Å². The summed E-state index contributed by atoms with van der Waals surface area (Å²) < 4.78 is 29.2. The Morgan fingerprint density at radius 1 is 1.14 bits per heavy atom. The van der Waals surface area contributed by atoms with Crippen LogP contribution in [0, 0.1) is 0 Å². The number of amides is 2. The lowest BCUT2D eigenvalue weighted by Gasteiger charge is -2.31. The van der Waals surface area contributed by atoms with Gasteiger partial charge in [-0.15, -0.1) is 0 Å². The molecule has 9 nitrogen and oxygen atoms in total. The molecule has 1 atom stereocenters. The van der Waals surface area contributed by atoms with Crippen molar-refractivity contribution in [2.45, 2.75) is 30.7 Å². The molecule has 3 aromatic rings. The summed E-state index contributed by atoms with van der Waals surface area (Å²) in [6.07, 6.45) is 2.71. The molecule has 0 radical (unpaired) electrons. The smallest absolute Gasteiger partial charge is 0.326 e. The van der Waals surface area contributed by atoms with Gasteiger partial charge in [0.15, 0.2) is 9.84 Å². The number of hydrogen-bond donors (Lipinski definition) is 2. The average molecular weight is 632 g/mol. The van der Waals surface area contributed by atoms with Crippen LogP contribution in [-0.4, -0.2) is 61.6 Å². The molecule has 1 aliphatic heterocycles. The molecule has 1 aliphatic rings. The molecule has 1 aromatic heterocycles. The molecule has 1 saturated heterocycles. The minimum Gasteiger partial charge on any atom is -0.480 e. The highest BCUT2D eigenvalue weighted by Gasteiger charge is 2.30. The lowest BCUT2D eigenvalue weighted by molar-refractivity contribution is -0.141. The summed E-state index contributed by atoms with van der Waals surface area (Å²) in [7, 11) is -3.51. The average Bonchev–Trinajstić information content (AvgIpc) is 3.39. The molecular formula is C30H28Cl2N2O7S. The number of halogens is 2. The number of piperidine rings is 1. The summed E-state index contributed by atoms with van der Waals surface area (Å²) >= 11 is 13.0. The van der Waals surface area contributed by atoms with Crippen molar-refractivity contribution in [3.8, 4) is 0 Å². The van der Waals surface area contributed by atoms with Gasteiger partial charge in [0.1, 0.15) is 11.6 Å². The summed E-state index contributed by atoms with van der Waals surface area (Å²) in [5.41, 5.74) is 2.38. The number of sulfone groups is 1. The number of likely N-dealkylation sites (tertiary alicyclic amines) is 1. The second-order valence-electron chi connectivity index (χ2n) is 9.94. The number of carbonyl (C=O) groups excluding carboxylic acids is 2. The Labute approximate surface area is 253 Å². The van der Waals surface area contributed by atoms with Crippen LogP contribution in [0.2, 0.25) is 0 Å². The molecule has 12 heteroatoms. The molecule has 2 aromatic carbocycles. The normalized spacial score (nSPS) is 16.6. The van der Waals surface area contributed by atoms with Gasteiger partial charge in [-0.3, -0.25) is 9.59 Å². The highest BCUT2D eigenvalue weighted by atomic mass is 35.5. The Hall–Kier alpha value is -3.86. The maximum atomic E-state index is 13.3. The quantitative estimate of drug-likeness (QED) is 0.332. The van der Waals surface area contributed by atoms with Crippen LogP contribution in [-0.2, 0) is 25.8 Å². The van der Waals surface area contributed by atoms with Gasteiger partial charge < -0.3 is 19.7 Å². The van der Waals surface area contributed by atoms with E-state index in [1.165, 1.54) is 25.1 Å². The van der Waals surface area contributed by atoms with E-state index in [-0.39, 0.29) is 45.8 Å². The number of aliphatic carboxylic acids is 1. The van der Waals surface area contributed by atoms with E-state index in [0.717, 1.165) is 11.6 Å². The van der Waals surface area contributed by atoms with E-state index in [9.17, 15) is 27.9 Å². The van der Waals surface area contributed by atoms with Gasteiger partial charge in [0, 0.05) is 41.7 Å². The van der Waals surface area contributed by atoms with E-state index in [2.05, 4.69) is 11.9 Å². The fourth-order valence-electron chi connectivity index (χ4n) is 4.66. The number of carboxylic acid groups (broad SMARTS) is 1. The number of rotatable bonds is 8. The number of benzene rings is 2. The van der Waals surface area contributed by atoms with E-state index in [0.29, 0.717) is 34.4 Å². The maximum absolute atomic E-state index is 13.3. The summed E-state index contributed by atoms with van der Waals surface area (Å²) in [6.45, 7) is 5.97. The molecule has 0 unspecified atom stereocenters. The lowest BCUT2D eigenvalue weighted by Crippen LogP contribution is -2.43. The molecule has 220 valence electrons. The number of nitrogens with zero attached hydrogens (tertiary/aromatic N) is 1. The molecule has 2 amide bonds. The van der Waals surface area contributed by atoms with Crippen LogP contribution in [0.4, 0.5) is 0 Å². The Balaban J connectivity index is 1.51. The van der Waals surface area contributed by atoms with E-state index in [1.54, 1.807) is 41.5 Å². The summed E-state index contributed by atoms with van der Waals surface area (Å²) in [5, 5.41) is 13.2. The first kappa shape index (κ1) is 31.1. The number of fused-ring (bicyclic) bond motifs is 1. The molecule has 0 aliphatic carbocycles. The topological polar surface area (TPSA) is 134 Å². The zero-order valence-corrected chi connectivity index (χ0v) is 25.1. The van der Waals surface area contributed by atoms with Crippen LogP contribution in [0.3, 0.4) is 0 Å². The third kappa shape index (κ3) is 6.95.